The van der Waals surface area contributed by atoms with Crippen LogP contribution in [0.5, 0.6) is 0 Å². The number of nitrogens with zero attached hydrogens (tertiary/aromatic N) is 3. The van der Waals surface area contributed by atoms with E-state index >= 15 is 0 Å². The lowest BCUT2D eigenvalue weighted by Gasteiger charge is -2.33. The van der Waals surface area contributed by atoms with Crippen LogP contribution in [0.3, 0.4) is 0 Å². The standard InChI is InChI=1S/C20H20BrN3O2S2/c1-15-5-7-18(8-6-15)28(25,26)24-11-9-23(10-12-24)20-22-19(14-27-20)16-3-2-4-17(21)13-16/h2-8,13-14H,9-12H2,1H3. The Morgan fingerprint density at radius 3 is 2.43 bits per heavy atom. The SMILES string of the molecule is Cc1ccc(S(=O)(=O)N2CCN(c3nc(-c4cccc(Br)c4)cs3)CC2)cc1. The summed E-state index contributed by atoms with van der Waals surface area (Å²) in [7, 11) is -3.44. The highest BCUT2D eigenvalue weighted by atomic mass is 79.9. The molecule has 0 N–H and O–H groups in total. The van der Waals surface area contributed by atoms with Crippen LogP contribution in [0.25, 0.3) is 11.3 Å². The van der Waals surface area contributed by atoms with Gasteiger partial charge in [0.2, 0.25) is 10.0 Å². The number of aromatic nitrogens is 1. The molecule has 1 aliphatic heterocycles. The number of benzene rings is 2. The largest absolute Gasteiger partial charge is 0.345 e. The summed E-state index contributed by atoms with van der Waals surface area (Å²) in [5.74, 6) is 0. The van der Waals surface area contributed by atoms with E-state index in [1.54, 1.807) is 27.8 Å². The zero-order valence-corrected chi connectivity index (χ0v) is 18.6. The molecule has 0 saturated carbocycles. The molecule has 0 amide bonds. The molecule has 8 heteroatoms. The fourth-order valence-corrected chi connectivity index (χ4v) is 5.88. The Kier molecular flexibility index (Phi) is 5.55. The summed E-state index contributed by atoms with van der Waals surface area (Å²) in [6.07, 6.45) is 0. The van der Waals surface area contributed by atoms with Gasteiger partial charge in [-0.05, 0) is 31.2 Å². The fraction of sp³-hybridized carbons (Fsp3) is 0.250. The van der Waals surface area contributed by atoms with Crippen molar-refractivity contribution in [2.24, 2.45) is 0 Å². The van der Waals surface area contributed by atoms with E-state index in [2.05, 4.69) is 20.8 Å². The Hall–Kier alpha value is -1.74. The maximum atomic E-state index is 12.9. The zero-order chi connectivity index (χ0) is 19.7. The molecule has 2 heterocycles. The molecule has 1 saturated heterocycles. The quantitative estimate of drug-likeness (QED) is 0.558. The van der Waals surface area contributed by atoms with Crippen molar-refractivity contribution < 1.29 is 8.42 Å². The molecule has 3 aromatic rings. The van der Waals surface area contributed by atoms with Crippen molar-refractivity contribution in [3.8, 4) is 11.3 Å². The Bertz CT molecular complexity index is 1070. The number of anilines is 1. The van der Waals surface area contributed by atoms with Crippen molar-refractivity contribution in [2.45, 2.75) is 11.8 Å². The van der Waals surface area contributed by atoms with Gasteiger partial charge in [0.1, 0.15) is 0 Å². The lowest BCUT2D eigenvalue weighted by atomic mass is 10.2. The summed E-state index contributed by atoms with van der Waals surface area (Å²) in [6, 6.07) is 15.1. The van der Waals surface area contributed by atoms with Gasteiger partial charge in [-0.1, -0.05) is 45.8 Å². The minimum atomic E-state index is -3.44. The average Bonchev–Trinajstić information content (AvgIpc) is 3.19. The maximum absolute atomic E-state index is 12.9. The number of halogens is 1. The van der Waals surface area contributed by atoms with Gasteiger partial charge in [-0.25, -0.2) is 13.4 Å². The summed E-state index contributed by atoms with van der Waals surface area (Å²) in [6.45, 7) is 4.14. The molecule has 0 radical (unpaired) electrons. The molecule has 146 valence electrons. The first kappa shape index (κ1) is 19.6. The van der Waals surface area contributed by atoms with Crippen molar-refractivity contribution in [3.63, 3.8) is 0 Å². The summed E-state index contributed by atoms with van der Waals surface area (Å²) in [5, 5.41) is 2.98. The van der Waals surface area contributed by atoms with Crippen molar-refractivity contribution in [1.29, 1.82) is 0 Å². The molecule has 0 bridgehead atoms. The van der Waals surface area contributed by atoms with Gasteiger partial charge >= 0.3 is 0 Å². The number of sulfonamides is 1. The molecule has 0 atom stereocenters. The van der Waals surface area contributed by atoms with Crippen molar-refractivity contribution in [3.05, 3.63) is 63.9 Å². The van der Waals surface area contributed by atoms with Gasteiger partial charge < -0.3 is 4.90 Å². The van der Waals surface area contributed by atoms with Crippen LogP contribution < -0.4 is 4.90 Å². The second-order valence-electron chi connectivity index (χ2n) is 6.73. The van der Waals surface area contributed by atoms with Gasteiger partial charge in [0, 0.05) is 41.6 Å². The molecule has 0 spiro atoms. The predicted molar refractivity (Wildman–Crippen MR) is 117 cm³/mol. The predicted octanol–water partition coefficient (Wildman–Crippen LogP) is 4.39. The number of hydrogen-bond donors (Lipinski definition) is 0. The molecule has 1 aromatic heterocycles. The van der Waals surface area contributed by atoms with E-state index in [0.717, 1.165) is 26.4 Å². The molecule has 4 rings (SSSR count). The highest BCUT2D eigenvalue weighted by molar-refractivity contribution is 9.10. The minimum absolute atomic E-state index is 0.359. The van der Waals surface area contributed by atoms with Crippen LogP contribution in [0.4, 0.5) is 5.13 Å². The lowest BCUT2D eigenvalue weighted by molar-refractivity contribution is 0.385. The summed E-state index contributed by atoms with van der Waals surface area (Å²) in [4.78, 5) is 7.28. The molecule has 1 aliphatic rings. The summed E-state index contributed by atoms with van der Waals surface area (Å²) in [5.41, 5.74) is 3.06. The number of rotatable bonds is 4. The van der Waals surface area contributed by atoms with Crippen LogP contribution in [0.15, 0.2) is 63.3 Å². The monoisotopic (exact) mass is 477 g/mol. The van der Waals surface area contributed by atoms with Gasteiger partial charge in [-0.3, -0.25) is 0 Å². The van der Waals surface area contributed by atoms with Crippen molar-refractivity contribution in [2.75, 3.05) is 31.1 Å². The average molecular weight is 478 g/mol. The van der Waals surface area contributed by atoms with E-state index < -0.39 is 10.0 Å². The van der Waals surface area contributed by atoms with E-state index in [0.29, 0.717) is 31.1 Å². The fourth-order valence-electron chi connectivity index (χ4n) is 3.17. The first-order valence-corrected chi connectivity index (χ1v) is 12.1. The van der Waals surface area contributed by atoms with Crippen LogP contribution in [-0.2, 0) is 10.0 Å². The van der Waals surface area contributed by atoms with E-state index in [9.17, 15) is 8.42 Å². The first-order chi connectivity index (χ1) is 13.4. The van der Waals surface area contributed by atoms with Gasteiger partial charge in [-0.2, -0.15) is 4.31 Å². The van der Waals surface area contributed by atoms with Gasteiger partial charge in [0.25, 0.3) is 0 Å². The second-order valence-corrected chi connectivity index (χ2v) is 10.4. The van der Waals surface area contributed by atoms with Crippen LogP contribution >= 0.6 is 27.3 Å². The minimum Gasteiger partial charge on any atom is -0.345 e. The second kappa shape index (κ2) is 7.94. The first-order valence-electron chi connectivity index (χ1n) is 8.97. The van der Waals surface area contributed by atoms with Gasteiger partial charge in [0.15, 0.2) is 5.13 Å². The van der Waals surface area contributed by atoms with Crippen LogP contribution in [0, 0.1) is 6.92 Å². The van der Waals surface area contributed by atoms with E-state index in [-0.39, 0.29) is 0 Å². The van der Waals surface area contributed by atoms with Gasteiger partial charge in [0.05, 0.1) is 10.6 Å². The topological polar surface area (TPSA) is 53.5 Å². The Labute approximate surface area is 177 Å². The van der Waals surface area contributed by atoms with Gasteiger partial charge in [-0.15, -0.1) is 11.3 Å². The highest BCUT2D eigenvalue weighted by Crippen LogP contribution is 2.30. The molecule has 0 unspecified atom stereocenters. The Morgan fingerprint density at radius 2 is 1.75 bits per heavy atom. The third-order valence-corrected chi connectivity index (χ3v) is 8.09. The van der Waals surface area contributed by atoms with Crippen LogP contribution in [-0.4, -0.2) is 43.9 Å². The maximum Gasteiger partial charge on any atom is 0.243 e. The third-order valence-electron chi connectivity index (χ3n) is 4.78. The molecule has 0 aliphatic carbocycles. The normalized spacial score (nSPS) is 15.7. The van der Waals surface area contributed by atoms with Crippen LogP contribution in [0.2, 0.25) is 0 Å². The van der Waals surface area contributed by atoms with E-state index in [4.69, 9.17) is 4.98 Å². The van der Waals surface area contributed by atoms with E-state index in [1.807, 2.05) is 48.7 Å². The molecular formula is C20H20BrN3O2S2. The molecule has 5 nitrogen and oxygen atoms in total. The summed E-state index contributed by atoms with van der Waals surface area (Å²) >= 11 is 5.09. The van der Waals surface area contributed by atoms with Crippen molar-refractivity contribution >= 4 is 42.4 Å². The zero-order valence-electron chi connectivity index (χ0n) is 15.4. The number of piperazine rings is 1. The number of thiazole rings is 1. The Morgan fingerprint density at radius 1 is 1.04 bits per heavy atom. The van der Waals surface area contributed by atoms with Crippen LogP contribution in [0.1, 0.15) is 5.56 Å². The van der Waals surface area contributed by atoms with E-state index in [1.165, 1.54) is 0 Å². The smallest absolute Gasteiger partial charge is 0.243 e. The molecule has 2 aromatic carbocycles. The van der Waals surface area contributed by atoms with Crippen molar-refractivity contribution in [1.82, 2.24) is 9.29 Å². The molecular weight excluding hydrogens is 458 g/mol. The highest BCUT2D eigenvalue weighted by Gasteiger charge is 2.29. The lowest BCUT2D eigenvalue weighted by Crippen LogP contribution is -2.48. The molecule has 28 heavy (non-hydrogen) atoms. The molecule has 1 fully saturated rings. The Balaban J connectivity index is 1.45. The number of hydrogen-bond acceptors (Lipinski definition) is 5. The third kappa shape index (κ3) is 4.00. The number of aryl methyl sites for hydroxylation is 1. The summed E-state index contributed by atoms with van der Waals surface area (Å²) < 4.78 is 28.3.